The van der Waals surface area contributed by atoms with Gasteiger partial charge in [0.15, 0.2) is 0 Å². The number of aryl methyl sites for hydroxylation is 2. The number of alkyl halides is 2. The molecule has 0 fully saturated rings. The first kappa shape index (κ1) is 16.9. The predicted octanol–water partition coefficient (Wildman–Crippen LogP) is 3.20. The number of carbonyl (C=O) groups excluding carboxylic acids is 1. The van der Waals surface area contributed by atoms with Crippen LogP contribution in [0.5, 0.6) is 0 Å². The van der Waals surface area contributed by atoms with Crippen LogP contribution in [0.25, 0.3) is 0 Å². The summed E-state index contributed by atoms with van der Waals surface area (Å²) >= 11 is 0. The number of rotatable bonds is 6. The molecule has 1 heterocycles. The van der Waals surface area contributed by atoms with Crippen molar-refractivity contribution in [1.82, 2.24) is 9.78 Å². The summed E-state index contributed by atoms with van der Waals surface area (Å²) in [5, 5.41) is 9.63. The molecule has 0 saturated carbocycles. The van der Waals surface area contributed by atoms with Crippen LogP contribution in [0.15, 0.2) is 30.6 Å². The van der Waals surface area contributed by atoms with Gasteiger partial charge in [0.1, 0.15) is 12.6 Å². The molecule has 1 aromatic carbocycles. The Kier molecular flexibility index (Phi) is 5.31. The Hall–Kier alpha value is -2.44. The average Bonchev–Trinajstić information content (AvgIpc) is 2.89. The second kappa shape index (κ2) is 7.21. The van der Waals surface area contributed by atoms with Gasteiger partial charge in [0.25, 0.3) is 6.43 Å². The first-order valence-electron chi connectivity index (χ1n) is 7.30. The average molecular weight is 322 g/mol. The molecule has 2 rings (SSSR count). The van der Waals surface area contributed by atoms with Crippen molar-refractivity contribution in [3.8, 4) is 0 Å². The molecule has 1 amide bonds. The van der Waals surface area contributed by atoms with E-state index in [1.807, 2.05) is 32.0 Å². The van der Waals surface area contributed by atoms with E-state index >= 15 is 0 Å². The second-order valence-corrected chi connectivity index (χ2v) is 5.52. The lowest BCUT2D eigenvalue weighted by molar-refractivity contribution is -0.116. The normalized spacial score (nSPS) is 12.3. The van der Waals surface area contributed by atoms with Crippen LogP contribution in [0.3, 0.4) is 0 Å². The molecule has 23 heavy (non-hydrogen) atoms. The van der Waals surface area contributed by atoms with Gasteiger partial charge in [-0.2, -0.15) is 5.10 Å². The maximum absolute atomic E-state index is 12.3. The van der Waals surface area contributed by atoms with E-state index in [0.717, 1.165) is 21.5 Å². The molecule has 0 aliphatic carbocycles. The van der Waals surface area contributed by atoms with Crippen molar-refractivity contribution >= 4 is 17.3 Å². The third-order valence-corrected chi connectivity index (χ3v) is 3.39. The van der Waals surface area contributed by atoms with Crippen LogP contribution in [0.2, 0.25) is 0 Å². The van der Waals surface area contributed by atoms with Gasteiger partial charge in [0.05, 0.1) is 11.9 Å². The highest BCUT2D eigenvalue weighted by atomic mass is 19.3. The Morgan fingerprint density at radius 1 is 1.35 bits per heavy atom. The molecule has 0 bridgehead atoms. The first-order valence-corrected chi connectivity index (χ1v) is 7.30. The van der Waals surface area contributed by atoms with Crippen LogP contribution in [0, 0.1) is 13.8 Å². The van der Waals surface area contributed by atoms with E-state index in [0.29, 0.717) is 5.69 Å². The molecular weight excluding hydrogens is 302 g/mol. The van der Waals surface area contributed by atoms with Gasteiger partial charge in [0.2, 0.25) is 5.91 Å². The van der Waals surface area contributed by atoms with Crippen molar-refractivity contribution in [2.75, 3.05) is 10.6 Å². The summed E-state index contributed by atoms with van der Waals surface area (Å²) in [6, 6.07) is 5.29. The largest absolute Gasteiger partial charge is 0.371 e. The van der Waals surface area contributed by atoms with Gasteiger partial charge in [-0.3, -0.25) is 9.48 Å². The van der Waals surface area contributed by atoms with Crippen molar-refractivity contribution in [3.05, 3.63) is 41.7 Å². The summed E-state index contributed by atoms with van der Waals surface area (Å²) in [7, 11) is 0. The zero-order valence-electron chi connectivity index (χ0n) is 13.3. The molecule has 0 radical (unpaired) electrons. The lowest BCUT2D eigenvalue weighted by Crippen LogP contribution is -2.32. The standard InChI is InChI=1S/C16H20F2N4O/c1-10-4-5-11(2)14(6-10)21-16(23)12(3)20-13-7-19-22(8-13)9-15(17)18/h4-8,12,15,20H,9H2,1-3H3,(H,21,23)/t12-/m1/s1. The van der Waals surface area contributed by atoms with E-state index < -0.39 is 19.0 Å². The number of amides is 1. The highest BCUT2D eigenvalue weighted by molar-refractivity contribution is 5.96. The van der Waals surface area contributed by atoms with Crippen molar-refractivity contribution in [2.24, 2.45) is 0 Å². The van der Waals surface area contributed by atoms with E-state index in [-0.39, 0.29) is 5.91 Å². The summed E-state index contributed by atoms with van der Waals surface area (Å²) in [5.74, 6) is -0.208. The number of anilines is 2. The predicted molar refractivity (Wildman–Crippen MR) is 85.9 cm³/mol. The number of halogens is 2. The minimum absolute atomic E-state index is 0.208. The maximum atomic E-state index is 12.3. The smallest absolute Gasteiger partial charge is 0.257 e. The quantitative estimate of drug-likeness (QED) is 0.858. The summed E-state index contributed by atoms with van der Waals surface area (Å²) in [6.45, 7) is 5.10. The summed E-state index contributed by atoms with van der Waals surface area (Å²) < 4.78 is 25.7. The number of nitrogens with one attached hydrogen (secondary N) is 2. The molecule has 0 aliphatic heterocycles. The Balaban J connectivity index is 1.97. The van der Waals surface area contributed by atoms with Crippen LogP contribution in [0.1, 0.15) is 18.1 Å². The highest BCUT2D eigenvalue weighted by Crippen LogP contribution is 2.17. The van der Waals surface area contributed by atoms with E-state index in [9.17, 15) is 13.6 Å². The molecular formula is C16H20F2N4O. The Morgan fingerprint density at radius 2 is 2.09 bits per heavy atom. The van der Waals surface area contributed by atoms with Gasteiger partial charge in [-0.25, -0.2) is 8.78 Å². The highest BCUT2D eigenvalue weighted by Gasteiger charge is 2.15. The minimum atomic E-state index is -2.47. The van der Waals surface area contributed by atoms with Gasteiger partial charge < -0.3 is 10.6 Å². The molecule has 5 nitrogen and oxygen atoms in total. The third-order valence-electron chi connectivity index (χ3n) is 3.39. The zero-order valence-corrected chi connectivity index (χ0v) is 13.3. The molecule has 1 aromatic heterocycles. The summed E-state index contributed by atoms with van der Waals surface area (Å²) in [5.41, 5.74) is 3.31. The zero-order chi connectivity index (χ0) is 17.0. The van der Waals surface area contributed by atoms with Gasteiger partial charge in [-0.1, -0.05) is 12.1 Å². The number of benzene rings is 1. The van der Waals surface area contributed by atoms with Crippen molar-refractivity contribution < 1.29 is 13.6 Å². The monoisotopic (exact) mass is 322 g/mol. The van der Waals surface area contributed by atoms with Crippen LogP contribution in [-0.4, -0.2) is 28.2 Å². The van der Waals surface area contributed by atoms with Crippen LogP contribution in [0.4, 0.5) is 20.2 Å². The lowest BCUT2D eigenvalue weighted by Gasteiger charge is -2.15. The van der Waals surface area contributed by atoms with Gasteiger partial charge in [-0.15, -0.1) is 0 Å². The molecule has 124 valence electrons. The minimum Gasteiger partial charge on any atom is -0.371 e. The van der Waals surface area contributed by atoms with Gasteiger partial charge in [-0.05, 0) is 38.0 Å². The van der Waals surface area contributed by atoms with E-state index in [1.54, 1.807) is 6.92 Å². The lowest BCUT2D eigenvalue weighted by atomic mass is 10.1. The molecule has 2 aromatic rings. The number of carbonyl (C=O) groups is 1. The number of aromatic nitrogens is 2. The Labute approximate surface area is 133 Å². The van der Waals surface area contributed by atoms with Gasteiger partial charge >= 0.3 is 0 Å². The second-order valence-electron chi connectivity index (χ2n) is 5.52. The van der Waals surface area contributed by atoms with Crippen LogP contribution in [-0.2, 0) is 11.3 Å². The van der Waals surface area contributed by atoms with Crippen LogP contribution >= 0.6 is 0 Å². The Morgan fingerprint density at radius 3 is 2.78 bits per heavy atom. The van der Waals surface area contributed by atoms with E-state index in [2.05, 4.69) is 15.7 Å². The number of hydrogen-bond donors (Lipinski definition) is 2. The first-order chi connectivity index (χ1) is 10.8. The van der Waals surface area contributed by atoms with Gasteiger partial charge in [0, 0.05) is 11.9 Å². The fourth-order valence-electron chi connectivity index (χ4n) is 2.11. The molecule has 1 atom stereocenters. The molecule has 0 unspecified atom stereocenters. The topological polar surface area (TPSA) is 59.0 Å². The SMILES string of the molecule is Cc1ccc(C)c(NC(=O)[C@@H](C)Nc2cnn(CC(F)F)c2)c1. The van der Waals surface area contributed by atoms with Crippen LogP contribution < -0.4 is 10.6 Å². The van der Waals surface area contributed by atoms with E-state index in [1.165, 1.54) is 12.4 Å². The summed E-state index contributed by atoms with van der Waals surface area (Å²) in [4.78, 5) is 12.2. The molecule has 0 spiro atoms. The summed E-state index contributed by atoms with van der Waals surface area (Å²) in [6.07, 6.45) is 0.408. The molecule has 2 N–H and O–H groups in total. The fraction of sp³-hybridized carbons (Fsp3) is 0.375. The number of nitrogens with zero attached hydrogens (tertiary/aromatic N) is 2. The van der Waals surface area contributed by atoms with Crippen molar-refractivity contribution in [2.45, 2.75) is 39.8 Å². The van der Waals surface area contributed by atoms with Crippen molar-refractivity contribution in [1.29, 1.82) is 0 Å². The molecule has 0 aliphatic rings. The molecule has 0 saturated heterocycles. The number of hydrogen-bond acceptors (Lipinski definition) is 3. The fourth-order valence-corrected chi connectivity index (χ4v) is 2.11. The maximum Gasteiger partial charge on any atom is 0.257 e. The third kappa shape index (κ3) is 4.77. The molecule has 7 heteroatoms. The van der Waals surface area contributed by atoms with Crippen molar-refractivity contribution in [3.63, 3.8) is 0 Å². The Bertz CT molecular complexity index is 684. The van der Waals surface area contributed by atoms with E-state index in [4.69, 9.17) is 0 Å².